The predicted molar refractivity (Wildman–Crippen MR) is 249 cm³/mol. The lowest BCUT2D eigenvalue weighted by Crippen LogP contribution is -2.57. The molecule has 0 spiro atoms. The van der Waals surface area contributed by atoms with Crippen molar-refractivity contribution in [1.29, 1.82) is 0 Å². The number of nitrogens with one attached hydrogen (secondary N) is 2. The zero-order valence-electron chi connectivity index (χ0n) is 38.1. The molecule has 2 saturated heterocycles. The minimum Gasteiger partial charge on any atom is -0.483 e. The second kappa shape index (κ2) is 17.7. The molecule has 6 aliphatic heterocycles. The minimum atomic E-state index is -0.833. The molecule has 336 valence electrons. The fraction of sp³-hybridized carbons (Fsp3) is 0.420. The first-order valence-electron chi connectivity index (χ1n) is 22.1. The van der Waals surface area contributed by atoms with Gasteiger partial charge >= 0.3 is 0 Å². The molecule has 2 atom stereocenters. The highest BCUT2D eigenvalue weighted by Crippen LogP contribution is 2.45. The fourth-order valence-electron chi connectivity index (χ4n) is 10.2. The van der Waals surface area contributed by atoms with Crippen molar-refractivity contribution >= 4 is 40.8 Å². The Morgan fingerprint density at radius 1 is 0.719 bits per heavy atom. The topological polar surface area (TPSA) is 152 Å². The van der Waals surface area contributed by atoms with E-state index in [1.54, 1.807) is 0 Å². The van der Waals surface area contributed by atoms with Crippen molar-refractivity contribution in [3.63, 3.8) is 0 Å². The van der Waals surface area contributed by atoms with Crippen LogP contribution in [-0.4, -0.2) is 103 Å². The number of nitrogens with zero attached hydrogens (tertiary/aromatic N) is 6. The number of hydrogen-bond acceptors (Lipinski definition) is 11. The summed E-state index contributed by atoms with van der Waals surface area (Å²) < 4.78 is 11.9. The van der Waals surface area contributed by atoms with Gasteiger partial charge < -0.3 is 29.3 Å². The molecule has 6 aliphatic rings. The number of fused-ring (bicyclic) bond motifs is 6. The molecule has 2 unspecified atom stereocenters. The molecule has 14 nitrogen and oxygen atoms in total. The molecule has 2 fully saturated rings. The van der Waals surface area contributed by atoms with Crippen molar-refractivity contribution in [3.05, 3.63) is 118 Å². The quantitative estimate of drug-likeness (QED) is 0.193. The van der Waals surface area contributed by atoms with E-state index in [0.29, 0.717) is 18.6 Å². The lowest BCUT2D eigenvalue weighted by molar-refractivity contribution is -0.134. The van der Waals surface area contributed by atoms with Gasteiger partial charge in [0.2, 0.25) is 0 Å². The number of amides is 2. The molecule has 6 heterocycles. The van der Waals surface area contributed by atoms with Crippen LogP contribution in [0.15, 0.2) is 95.1 Å². The van der Waals surface area contributed by atoms with Gasteiger partial charge in [-0.2, -0.15) is 10.2 Å². The number of rotatable bonds is 7. The maximum Gasteiger partial charge on any atom is 0.300 e. The number of amidine groups is 2. The summed E-state index contributed by atoms with van der Waals surface area (Å²) in [6.45, 7) is 19.0. The van der Waals surface area contributed by atoms with Crippen molar-refractivity contribution in [2.45, 2.75) is 79.4 Å². The van der Waals surface area contributed by atoms with E-state index in [1.807, 2.05) is 23.6 Å². The van der Waals surface area contributed by atoms with Crippen molar-refractivity contribution in [2.24, 2.45) is 21.0 Å². The van der Waals surface area contributed by atoms with Gasteiger partial charge in [0.15, 0.2) is 11.7 Å². The Kier molecular flexibility index (Phi) is 12.3. The number of carboxylic acid groups (broad SMARTS) is 1. The Morgan fingerprint density at radius 2 is 1.11 bits per heavy atom. The standard InChI is InChI=1S/C30H32N4O2.C18H24N4O2.C2H4O2/c1-20-14-26-25(34-21(2)29(35)32-31-27(34)17-36-26)15-24(20)16-30(3)18-33(19-30)28(22-10-6-4-7-11-22)23-12-8-5-9-13-23;1-11-5-15-14(6-13(11)7-18(3)9-21(4)10-18)22-12(2)17(23)20-19-16(22)8-24-15;1-2(3)4/h4-15,21,28H,16-19H2,1-3H3,(H,32,35);5-6,12H,7-10H2,1-4H3,(H,20,23);1H3,(H,3,4). The molecule has 0 saturated carbocycles. The van der Waals surface area contributed by atoms with E-state index in [4.69, 9.17) is 19.4 Å². The minimum absolute atomic E-state index is 0.0821. The summed E-state index contributed by atoms with van der Waals surface area (Å²) in [5.74, 6) is 2.17. The number of ether oxygens (including phenoxy) is 2. The maximum absolute atomic E-state index is 12.3. The Labute approximate surface area is 375 Å². The second-order valence-corrected chi connectivity index (χ2v) is 19.0. The number of anilines is 2. The number of aryl methyl sites for hydroxylation is 2. The molecule has 64 heavy (non-hydrogen) atoms. The normalized spacial score (nSPS) is 21.3. The van der Waals surface area contributed by atoms with Gasteiger partial charge in [-0.3, -0.25) is 19.3 Å². The van der Waals surface area contributed by atoms with Crippen LogP contribution >= 0.6 is 0 Å². The highest BCUT2D eigenvalue weighted by atomic mass is 16.5. The van der Waals surface area contributed by atoms with E-state index in [2.05, 4.69) is 151 Å². The largest absolute Gasteiger partial charge is 0.483 e. The van der Waals surface area contributed by atoms with Gasteiger partial charge in [0.25, 0.3) is 17.8 Å². The van der Waals surface area contributed by atoms with Gasteiger partial charge in [0.05, 0.1) is 17.4 Å². The van der Waals surface area contributed by atoms with Crippen LogP contribution in [0.25, 0.3) is 0 Å². The monoisotopic (exact) mass is 868 g/mol. The van der Waals surface area contributed by atoms with Crippen LogP contribution in [0.4, 0.5) is 11.4 Å². The molecular weight excluding hydrogens is 809 g/mol. The first-order chi connectivity index (χ1) is 30.5. The number of benzene rings is 4. The smallest absolute Gasteiger partial charge is 0.300 e. The van der Waals surface area contributed by atoms with Crippen molar-refractivity contribution in [1.82, 2.24) is 20.7 Å². The lowest BCUT2D eigenvalue weighted by Gasteiger charge is -2.52. The van der Waals surface area contributed by atoms with Crippen LogP contribution in [0.2, 0.25) is 0 Å². The van der Waals surface area contributed by atoms with E-state index >= 15 is 0 Å². The number of aliphatic carboxylic acids is 1. The molecule has 0 bridgehead atoms. The van der Waals surface area contributed by atoms with Crippen molar-refractivity contribution in [3.8, 4) is 11.5 Å². The van der Waals surface area contributed by atoms with Crippen LogP contribution in [0.3, 0.4) is 0 Å². The zero-order chi connectivity index (χ0) is 45.5. The Hall–Kier alpha value is -6.25. The summed E-state index contributed by atoms with van der Waals surface area (Å²) in [5.41, 5.74) is 15.3. The molecule has 14 heteroatoms. The van der Waals surface area contributed by atoms with E-state index in [-0.39, 0.29) is 35.4 Å². The van der Waals surface area contributed by atoms with Gasteiger partial charge in [0, 0.05) is 33.1 Å². The highest BCUT2D eigenvalue weighted by molar-refractivity contribution is 6.10. The van der Waals surface area contributed by atoms with E-state index < -0.39 is 5.97 Å². The molecule has 0 aromatic heterocycles. The van der Waals surface area contributed by atoms with Crippen LogP contribution < -0.4 is 30.1 Å². The zero-order valence-corrected chi connectivity index (χ0v) is 38.1. The van der Waals surface area contributed by atoms with Crippen molar-refractivity contribution in [2.75, 3.05) is 56.2 Å². The number of carbonyl (C=O) groups is 3. The third kappa shape index (κ3) is 9.07. The highest BCUT2D eigenvalue weighted by Gasteiger charge is 2.44. The van der Waals surface area contributed by atoms with Crippen molar-refractivity contribution < 1.29 is 29.0 Å². The van der Waals surface area contributed by atoms with E-state index in [1.165, 1.54) is 33.4 Å². The number of likely N-dealkylation sites (tertiary alicyclic amines) is 2. The maximum atomic E-state index is 12.3. The summed E-state index contributed by atoms with van der Waals surface area (Å²) in [6, 6.07) is 29.9. The first-order valence-corrected chi connectivity index (χ1v) is 22.1. The third-order valence-corrected chi connectivity index (χ3v) is 13.1. The first kappa shape index (κ1) is 44.4. The van der Waals surface area contributed by atoms with Crippen LogP contribution in [0.5, 0.6) is 11.5 Å². The van der Waals surface area contributed by atoms with E-state index in [9.17, 15) is 9.59 Å². The molecule has 4 aromatic carbocycles. The van der Waals surface area contributed by atoms with Gasteiger partial charge in [0.1, 0.15) is 36.8 Å². The van der Waals surface area contributed by atoms with Crippen LogP contribution in [-0.2, 0) is 27.2 Å². The average Bonchev–Trinajstić information content (AvgIpc) is 3.24. The molecule has 2 amide bonds. The molecule has 0 aliphatic carbocycles. The molecule has 3 N–H and O–H groups in total. The number of hydrazone groups is 2. The van der Waals surface area contributed by atoms with Gasteiger partial charge in [-0.15, -0.1) is 0 Å². The van der Waals surface area contributed by atoms with Gasteiger partial charge in [-0.05, 0) is 116 Å². The predicted octanol–water partition coefficient (Wildman–Crippen LogP) is 6.29. The molecule has 0 radical (unpaired) electrons. The van der Waals surface area contributed by atoms with E-state index in [0.717, 1.165) is 80.5 Å². The SMILES string of the molecule is CC(=O)O.Cc1cc2c(cc1CC1(C)CN(C(c3ccccc3)c3ccccc3)C1)N1C(=NNC(=O)C1C)CO2.Cc1cc2c(cc1CC1(C)CN(C)C1)N1C(=NNC(=O)C1C)CO2. The summed E-state index contributed by atoms with van der Waals surface area (Å²) in [5, 5.41) is 15.8. The summed E-state index contributed by atoms with van der Waals surface area (Å²) >= 11 is 0. The van der Waals surface area contributed by atoms with Gasteiger partial charge in [-0.25, -0.2) is 10.9 Å². The second-order valence-electron chi connectivity index (χ2n) is 19.0. The Morgan fingerprint density at radius 3 is 1.50 bits per heavy atom. The molecule has 4 aromatic rings. The summed E-state index contributed by atoms with van der Waals surface area (Å²) in [6.07, 6.45) is 2.01. The van der Waals surface area contributed by atoms with Gasteiger partial charge in [-0.1, -0.05) is 74.5 Å². The molecule has 10 rings (SSSR count). The van der Waals surface area contributed by atoms with Crippen LogP contribution in [0.1, 0.15) is 74.0 Å². The number of carboxylic acids is 1. The number of carbonyl (C=O) groups excluding carboxylic acids is 2. The fourth-order valence-corrected chi connectivity index (χ4v) is 10.2. The van der Waals surface area contributed by atoms with Crippen LogP contribution in [0, 0.1) is 24.7 Å². The number of hydrogen-bond donors (Lipinski definition) is 3. The third-order valence-electron chi connectivity index (χ3n) is 13.1. The summed E-state index contributed by atoms with van der Waals surface area (Å²) in [7, 11) is 2.16. The Balaban J connectivity index is 0.000000173. The average molecular weight is 869 g/mol. The lowest BCUT2D eigenvalue weighted by atomic mass is 9.74. The summed E-state index contributed by atoms with van der Waals surface area (Å²) in [4.78, 5) is 42.3. The molecular formula is C50H60N8O6. The Bertz CT molecular complexity index is 2440.